The highest BCUT2D eigenvalue weighted by molar-refractivity contribution is 6.32. The van der Waals surface area contributed by atoms with Gasteiger partial charge in [0.15, 0.2) is 0 Å². The Balaban J connectivity index is 1.40. The van der Waals surface area contributed by atoms with Gasteiger partial charge < -0.3 is 14.6 Å². The molecule has 2 aromatic rings. The van der Waals surface area contributed by atoms with Crippen molar-refractivity contribution in [3.8, 4) is 11.5 Å². The summed E-state index contributed by atoms with van der Waals surface area (Å²) in [4.78, 5) is 11.2. The number of phenolic OH excluding ortho intramolecular Hbond substituents is 1. The Hall–Kier alpha value is -2.57. The first-order valence-corrected chi connectivity index (χ1v) is 9.13. The fourth-order valence-corrected chi connectivity index (χ4v) is 2.84. The Morgan fingerprint density at radius 1 is 1.11 bits per heavy atom. The molecule has 0 aliphatic carbocycles. The lowest BCUT2D eigenvalue weighted by Crippen LogP contribution is -2.25. The second-order valence-electron chi connectivity index (χ2n) is 6.16. The first-order valence-electron chi connectivity index (χ1n) is 8.75. The van der Waals surface area contributed by atoms with E-state index in [1.807, 2.05) is 24.3 Å². The number of halogens is 1. The number of rotatable bonds is 8. The zero-order chi connectivity index (χ0) is 19.1. The predicted molar refractivity (Wildman–Crippen MR) is 103 cm³/mol. The molecule has 1 amide bonds. The monoisotopic (exact) mass is 388 g/mol. The molecule has 1 aliphatic rings. The molecule has 0 unspecified atom stereocenters. The van der Waals surface area contributed by atoms with Crippen LogP contribution in [0.15, 0.2) is 47.6 Å². The quantitative estimate of drug-likeness (QED) is 0.676. The predicted octanol–water partition coefficient (Wildman–Crippen LogP) is 3.65. The molecule has 0 fully saturated rings. The molecular formula is C20H21ClN2O4. The van der Waals surface area contributed by atoms with Gasteiger partial charge in [0.25, 0.3) is 0 Å². The molecule has 2 aromatic carbocycles. The SMILES string of the molecule is O=C1CCC(c2ccc(OCCCOCc3ccc(O)cc3)c(Cl)c2)=NN1. The molecule has 0 saturated heterocycles. The van der Waals surface area contributed by atoms with Crippen LogP contribution in [0.4, 0.5) is 0 Å². The number of amides is 1. The van der Waals surface area contributed by atoms with Gasteiger partial charge in [0.05, 0.1) is 30.6 Å². The molecule has 0 radical (unpaired) electrons. The number of hydrazone groups is 1. The maximum atomic E-state index is 11.2. The van der Waals surface area contributed by atoms with Gasteiger partial charge in [-0.15, -0.1) is 0 Å². The summed E-state index contributed by atoms with van der Waals surface area (Å²) in [6, 6.07) is 12.4. The number of hydrogen-bond acceptors (Lipinski definition) is 5. The van der Waals surface area contributed by atoms with Crippen molar-refractivity contribution < 1.29 is 19.4 Å². The van der Waals surface area contributed by atoms with E-state index in [9.17, 15) is 9.90 Å². The Morgan fingerprint density at radius 2 is 1.93 bits per heavy atom. The van der Waals surface area contributed by atoms with E-state index in [0.29, 0.717) is 43.4 Å². The Bertz CT molecular complexity index is 821. The van der Waals surface area contributed by atoms with Gasteiger partial charge in [-0.3, -0.25) is 4.79 Å². The lowest BCUT2D eigenvalue weighted by molar-refractivity contribution is -0.121. The van der Waals surface area contributed by atoms with Crippen LogP contribution in [0.1, 0.15) is 30.4 Å². The Labute approximate surface area is 162 Å². The highest BCUT2D eigenvalue weighted by Gasteiger charge is 2.14. The van der Waals surface area contributed by atoms with Crippen molar-refractivity contribution in [1.82, 2.24) is 5.43 Å². The lowest BCUT2D eigenvalue weighted by atomic mass is 10.0. The average Bonchev–Trinajstić information content (AvgIpc) is 2.67. The minimum Gasteiger partial charge on any atom is -0.508 e. The van der Waals surface area contributed by atoms with E-state index < -0.39 is 0 Å². The smallest absolute Gasteiger partial charge is 0.240 e. The summed E-state index contributed by atoms with van der Waals surface area (Å²) >= 11 is 6.29. The minimum atomic E-state index is -0.0718. The molecule has 27 heavy (non-hydrogen) atoms. The van der Waals surface area contributed by atoms with Crippen LogP contribution >= 0.6 is 11.6 Å². The molecule has 1 heterocycles. The van der Waals surface area contributed by atoms with Crippen LogP contribution in [0.2, 0.25) is 5.02 Å². The molecule has 0 bridgehead atoms. The van der Waals surface area contributed by atoms with E-state index in [-0.39, 0.29) is 11.7 Å². The van der Waals surface area contributed by atoms with Gasteiger partial charge in [0, 0.05) is 19.3 Å². The zero-order valence-electron chi connectivity index (χ0n) is 14.8. The number of hydrogen-bond donors (Lipinski definition) is 2. The van der Waals surface area contributed by atoms with E-state index in [4.69, 9.17) is 21.1 Å². The van der Waals surface area contributed by atoms with Gasteiger partial charge in [-0.25, -0.2) is 5.43 Å². The normalized spacial score (nSPS) is 13.8. The number of carbonyl (C=O) groups excluding carboxylic acids is 1. The van der Waals surface area contributed by atoms with Crippen LogP contribution in [0.25, 0.3) is 0 Å². The first kappa shape index (κ1) is 19.2. The van der Waals surface area contributed by atoms with Crippen LogP contribution in [0, 0.1) is 0 Å². The lowest BCUT2D eigenvalue weighted by Gasteiger charge is -2.14. The van der Waals surface area contributed by atoms with Crippen molar-refractivity contribution >= 4 is 23.2 Å². The molecule has 0 spiro atoms. The van der Waals surface area contributed by atoms with Crippen molar-refractivity contribution in [3.63, 3.8) is 0 Å². The number of nitrogens with one attached hydrogen (secondary N) is 1. The van der Waals surface area contributed by atoms with Crippen molar-refractivity contribution in [1.29, 1.82) is 0 Å². The van der Waals surface area contributed by atoms with E-state index >= 15 is 0 Å². The second kappa shape index (κ2) is 9.39. The molecule has 0 atom stereocenters. The third-order valence-electron chi connectivity index (χ3n) is 4.07. The van der Waals surface area contributed by atoms with Crippen molar-refractivity contribution in [2.75, 3.05) is 13.2 Å². The summed E-state index contributed by atoms with van der Waals surface area (Å²) in [6.45, 7) is 1.55. The van der Waals surface area contributed by atoms with E-state index in [2.05, 4.69) is 10.5 Å². The van der Waals surface area contributed by atoms with Crippen molar-refractivity contribution in [3.05, 3.63) is 58.6 Å². The van der Waals surface area contributed by atoms with Crippen LogP contribution < -0.4 is 10.2 Å². The molecular weight excluding hydrogens is 368 g/mol. The third-order valence-corrected chi connectivity index (χ3v) is 4.36. The van der Waals surface area contributed by atoms with Gasteiger partial charge >= 0.3 is 0 Å². The number of nitrogens with zero attached hydrogens (tertiary/aromatic N) is 1. The Morgan fingerprint density at radius 3 is 2.63 bits per heavy atom. The molecule has 142 valence electrons. The number of benzene rings is 2. The molecule has 2 N–H and O–H groups in total. The molecule has 6 nitrogen and oxygen atoms in total. The van der Waals surface area contributed by atoms with Crippen LogP contribution in [-0.2, 0) is 16.1 Å². The van der Waals surface area contributed by atoms with E-state index in [1.54, 1.807) is 18.2 Å². The summed E-state index contributed by atoms with van der Waals surface area (Å²) < 4.78 is 11.3. The van der Waals surface area contributed by atoms with Gasteiger partial charge in [-0.05, 0) is 41.5 Å². The third kappa shape index (κ3) is 5.70. The first-order chi connectivity index (χ1) is 13.1. The zero-order valence-corrected chi connectivity index (χ0v) is 15.5. The summed E-state index contributed by atoms with van der Waals surface area (Å²) in [6.07, 6.45) is 1.76. The van der Waals surface area contributed by atoms with Crippen LogP contribution in [-0.4, -0.2) is 29.9 Å². The summed E-state index contributed by atoms with van der Waals surface area (Å²) in [5.74, 6) is 0.784. The number of carbonyl (C=O) groups is 1. The summed E-state index contributed by atoms with van der Waals surface area (Å²) in [7, 11) is 0. The van der Waals surface area contributed by atoms with Crippen LogP contribution in [0.5, 0.6) is 11.5 Å². The molecule has 0 saturated carbocycles. The molecule has 1 aliphatic heterocycles. The average molecular weight is 389 g/mol. The van der Waals surface area contributed by atoms with Crippen LogP contribution in [0.3, 0.4) is 0 Å². The minimum absolute atomic E-state index is 0.0718. The van der Waals surface area contributed by atoms with Crippen molar-refractivity contribution in [2.24, 2.45) is 5.10 Å². The maximum Gasteiger partial charge on any atom is 0.240 e. The largest absolute Gasteiger partial charge is 0.508 e. The standard InChI is InChI=1S/C20H21ClN2O4/c21-17-12-15(18-7-9-20(25)23-22-18)4-8-19(17)27-11-1-10-26-13-14-2-5-16(24)6-3-14/h2-6,8,12,24H,1,7,9-11,13H2,(H,23,25). The van der Waals surface area contributed by atoms with Gasteiger partial charge in [-0.1, -0.05) is 23.7 Å². The highest BCUT2D eigenvalue weighted by Crippen LogP contribution is 2.27. The molecule has 7 heteroatoms. The fourth-order valence-electron chi connectivity index (χ4n) is 2.61. The van der Waals surface area contributed by atoms with Gasteiger partial charge in [-0.2, -0.15) is 5.10 Å². The highest BCUT2D eigenvalue weighted by atomic mass is 35.5. The Kier molecular flexibility index (Phi) is 6.68. The fraction of sp³-hybridized carbons (Fsp3) is 0.300. The van der Waals surface area contributed by atoms with Gasteiger partial charge in [0.1, 0.15) is 11.5 Å². The number of phenols is 1. The number of ether oxygens (including phenoxy) is 2. The maximum absolute atomic E-state index is 11.2. The van der Waals surface area contributed by atoms with E-state index in [0.717, 1.165) is 23.3 Å². The molecule has 0 aromatic heterocycles. The van der Waals surface area contributed by atoms with Crippen molar-refractivity contribution in [2.45, 2.75) is 25.9 Å². The van der Waals surface area contributed by atoms with Gasteiger partial charge in [0.2, 0.25) is 5.91 Å². The second-order valence-corrected chi connectivity index (χ2v) is 6.57. The molecule has 3 rings (SSSR count). The topological polar surface area (TPSA) is 80.2 Å². The number of aromatic hydroxyl groups is 1. The summed E-state index contributed by atoms with van der Waals surface area (Å²) in [5.41, 5.74) is 5.18. The summed E-state index contributed by atoms with van der Waals surface area (Å²) in [5, 5.41) is 13.8. The van der Waals surface area contributed by atoms with E-state index in [1.165, 1.54) is 0 Å².